The van der Waals surface area contributed by atoms with Crippen LogP contribution in [0.15, 0.2) is 30.3 Å². The molecule has 0 bridgehead atoms. The van der Waals surface area contributed by atoms with Gasteiger partial charge < -0.3 is 10.6 Å². The van der Waals surface area contributed by atoms with Gasteiger partial charge in [0.25, 0.3) is 0 Å². The highest BCUT2D eigenvalue weighted by atomic mass is 15.1. The molecule has 16 heavy (non-hydrogen) atoms. The quantitative estimate of drug-likeness (QED) is 0.841. The third kappa shape index (κ3) is 2.63. The number of rotatable bonds is 3. The zero-order valence-electron chi connectivity index (χ0n) is 10.1. The van der Waals surface area contributed by atoms with Gasteiger partial charge >= 0.3 is 0 Å². The predicted molar refractivity (Wildman–Crippen MR) is 68.5 cm³/mol. The molecule has 88 valence electrons. The summed E-state index contributed by atoms with van der Waals surface area (Å²) in [5.41, 5.74) is 7.37. The highest BCUT2D eigenvalue weighted by molar-refractivity contribution is 5.20. The van der Waals surface area contributed by atoms with E-state index in [1.54, 1.807) is 0 Å². The van der Waals surface area contributed by atoms with Gasteiger partial charge in [0, 0.05) is 0 Å². The summed E-state index contributed by atoms with van der Waals surface area (Å²) in [4.78, 5) is 2.41. The van der Waals surface area contributed by atoms with Crippen LogP contribution in [0.3, 0.4) is 0 Å². The first-order valence-corrected chi connectivity index (χ1v) is 6.25. The van der Waals surface area contributed by atoms with Crippen molar-refractivity contribution in [2.75, 3.05) is 26.7 Å². The maximum absolute atomic E-state index is 5.96. The van der Waals surface area contributed by atoms with Crippen molar-refractivity contribution >= 4 is 0 Å². The van der Waals surface area contributed by atoms with Crippen molar-refractivity contribution in [1.29, 1.82) is 0 Å². The van der Waals surface area contributed by atoms with E-state index >= 15 is 0 Å². The molecule has 1 atom stereocenters. The van der Waals surface area contributed by atoms with Crippen molar-refractivity contribution in [3.05, 3.63) is 35.9 Å². The zero-order chi connectivity index (χ0) is 11.4. The summed E-state index contributed by atoms with van der Waals surface area (Å²) in [6.45, 7) is 3.21. The SMILES string of the molecule is CN1CCC(C(CN)c2ccccc2)CC1. The van der Waals surface area contributed by atoms with E-state index in [-0.39, 0.29) is 0 Å². The topological polar surface area (TPSA) is 29.3 Å². The van der Waals surface area contributed by atoms with Gasteiger partial charge in [-0.25, -0.2) is 0 Å². The molecule has 1 aromatic carbocycles. The molecule has 0 radical (unpaired) electrons. The van der Waals surface area contributed by atoms with Crippen molar-refractivity contribution in [3.63, 3.8) is 0 Å². The Morgan fingerprint density at radius 2 is 1.88 bits per heavy atom. The molecule has 0 amide bonds. The van der Waals surface area contributed by atoms with E-state index in [1.807, 2.05) is 0 Å². The molecule has 1 saturated heterocycles. The molecule has 0 saturated carbocycles. The van der Waals surface area contributed by atoms with E-state index in [2.05, 4.69) is 42.3 Å². The van der Waals surface area contributed by atoms with E-state index < -0.39 is 0 Å². The van der Waals surface area contributed by atoms with Crippen LogP contribution >= 0.6 is 0 Å². The molecule has 1 aromatic rings. The summed E-state index contributed by atoms with van der Waals surface area (Å²) >= 11 is 0. The summed E-state index contributed by atoms with van der Waals surface area (Å²) in [7, 11) is 2.20. The Labute approximate surface area is 98.4 Å². The Morgan fingerprint density at radius 1 is 1.25 bits per heavy atom. The second-order valence-electron chi connectivity index (χ2n) is 4.89. The molecule has 0 aromatic heterocycles. The van der Waals surface area contributed by atoms with Crippen LogP contribution in [0.25, 0.3) is 0 Å². The third-order valence-electron chi connectivity index (χ3n) is 3.81. The molecule has 0 aliphatic carbocycles. The minimum absolute atomic E-state index is 0.551. The van der Waals surface area contributed by atoms with E-state index in [1.165, 1.54) is 31.5 Å². The first-order chi connectivity index (χ1) is 7.81. The van der Waals surface area contributed by atoms with E-state index in [9.17, 15) is 0 Å². The van der Waals surface area contributed by atoms with Gasteiger partial charge in [-0.3, -0.25) is 0 Å². The molecule has 0 spiro atoms. The molecule has 1 unspecified atom stereocenters. The third-order valence-corrected chi connectivity index (χ3v) is 3.81. The Morgan fingerprint density at radius 3 is 2.44 bits per heavy atom. The molecule has 2 rings (SSSR count). The molecule has 1 aliphatic heterocycles. The average Bonchev–Trinajstić information content (AvgIpc) is 2.34. The largest absolute Gasteiger partial charge is 0.330 e. The second kappa shape index (κ2) is 5.46. The number of hydrogen-bond donors (Lipinski definition) is 1. The molecular weight excluding hydrogens is 196 g/mol. The van der Waals surface area contributed by atoms with E-state index in [0.717, 1.165) is 12.5 Å². The standard InChI is InChI=1S/C14H22N2/c1-16-9-7-13(8-10-16)14(11-15)12-5-3-2-4-6-12/h2-6,13-14H,7-11,15H2,1H3. The molecule has 1 fully saturated rings. The second-order valence-corrected chi connectivity index (χ2v) is 4.89. The fourth-order valence-electron chi connectivity index (χ4n) is 2.73. The number of nitrogens with zero attached hydrogens (tertiary/aromatic N) is 1. The molecule has 2 nitrogen and oxygen atoms in total. The lowest BCUT2D eigenvalue weighted by molar-refractivity contribution is 0.199. The summed E-state index contributed by atoms with van der Waals surface area (Å²) in [5.74, 6) is 1.32. The zero-order valence-corrected chi connectivity index (χ0v) is 10.1. The maximum Gasteiger partial charge on any atom is -0.000555 e. The molecule has 2 N–H and O–H groups in total. The number of hydrogen-bond acceptors (Lipinski definition) is 2. The summed E-state index contributed by atoms with van der Waals surface area (Å²) in [6.07, 6.45) is 2.57. The van der Waals surface area contributed by atoms with Crippen LogP contribution in [0.1, 0.15) is 24.3 Å². The van der Waals surface area contributed by atoms with Crippen LogP contribution in [-0.4, -0.2) is 31.6 Å². The fourth-order valence-corrected chi connectivity index (χ4v) is 2.73. The van der Waals surface area contributed by atoms with Crippen LogP contribution in [-0.2, 0) is 0 Å². The van der Waals surface area contributed by atoms with Gasteiger partial charge in [0.15, 0.2) is 0 Å². The lowest BCUT2D eigenvalue weighted by Gasteiger charge is -2.34. The van der Waals surface area contributed by atoms with Crippen molar-refractivity contribution in [3.8, 4) is 0 Å². The van der Waals surface area contributed by atoms with Crippen LogP contribution in [0.2, 0.25) is 0 Å². The van der Waals surface area contributed by atoms with E-state index in [4.69, 9.17) is 5.73 Å². The van der Waals surface area contributed by atoms with Crippen LogP contribution < -0.4 is 5.73 Å². The fraction of sp³-hybridized carbons (Fsp3) is 0.571. The molecular formula is C14H22N2. The van der Waals surface area contributed by atoms with Gasteiger partial charge in [0.05, 0.1) is 0 Å². The monoisotopic (exact) mass is 218 g/mol. The Bertz CT molecular complexity index is 302. The summed E-state index contributed by atoms with van der Waals surface area (Å²) in [5, 5.41) is 0. The van der Waals surface area contributed by atoms with E-state index in [0.29, 0.717) is 5.92 Å². The predicted octanol–water partition coefficient (Wildman–Crippen LogP) is 2.07. The summed E-state index contributed by atoms with van der Waals surface area (Å²) in [6, 6.07) is 10.7. The average molecular weight is 218 g/mol. The molecule has 1 heterocycles. The first kappa shape index (κ1) is 11.6. The lowest BCUT2D eigenvalue weighted by atomic mass is 9.80. The van der Waals surface area contributed by atoms with Crippen molar-refractivity contribution in [2.24, 2.45) is 11.7 Å². The highest BCUT2D eigenvalue weighted by Gasteiger charge is 2.25. The van der Waals surface area contributed by atoms with Crippen LogP contribution in [0, 0.1) is 5.92 Å². The minimum atomic E-state index is 0.551. The lowest BCUT2D eigenvalue weighted by Crippen LogP contribution is -2.34. The van der Waals surface area contributed by atoms with Crippen LogP contribution in [0.4, 0.5) is 0 Å². The number of piperidine rings is 1. The number of benzene rings is 1. The Hall–Kier alpha value is -0.860. The minimum Gasteiger partial charge on any atom is -0.330 e. The Balaban J connectivity index is 2.05. The van der Waals surface area contributed by atoms with Gasteiger partial charge in [-0.1, -0.05) is 30.3 Å². The smallest absolute Gasteiger partial charge is 0.000555 e. The number of nitrogens with two attached hydrogens (primary N) is 1. The van der Waals surface area contributed by atoms with Gasteiger partial charge in [0.2, 0.25) is 0 Å². The van der Waals surface area contributed by atoms with Gasteiger partial charge in [0.1, 0.15) is 0 Å². The van der Waals surface area contributed by atoms with Gasteiger partial charge in [-0.2, -0.15) is 0 Å². The Kier molecular flexibility index (Phi) is 3.97. The maximum atomic E-state index is 5.96. The highest BCUT2D eigenvalue weighted by Crippen LogP contribution is 2.31. The van der Waals surface area contributed by atoms with Gasteiger partial charge in [-0.05, 0) is 56.9 Å². The first-order valence-electron chi connectivity index (χ1n) is 6.25. The van der Waals surface area contributed by atoms with Gasteiger partial charge in [-0.15, -0.1) is 0 Å². The van der Waals surface area contributed by atoms with Crippen LogP contribution in [0.5, 0.6) is 0 Å². The normalized spacial score (nSPS) is 20.9. The van der Waals surface area contributed by atoms with Crippen molar-refractivity contribution < 1.29 is 0 Å². The van der Waals surface area contributed by atoms with Crippen molar-refractivity contribution in [2.45, 2.75) is 18.8 Å². The summed E-state index contributed by atoms with van der Waals surface area (Å²) < 4.78 is 0. The molecule has 2 heteroatoms. The molecule has 1 aliphatic rings. The number of likely N-dealkylation sites (tertiary alicyclic amines) is 1. The van der Waals surface area contributed by atoms with Crippen molar-refractivity contribution in [1.82, 2.24) is 4.90 Å².